The Morgan fingerprint density at radius 2 is 1.88 bits per heavy atom. The van der Waals surface area contributed by atoms with Gasteiger partial charge < -0.3 is 5.32 Å². The average molecular weight is 227 g/mol. The standard InChI is InChI=1S/C14H13NO2/c1-14(10-6-5-9-12(14)16)15-13(17)11-7-3-2-4-8-11/h2-10H,1H3,(H,15,17). The second-order valence-electron chi connectivity index (χ2n) is 4.10. The van der Waals surface area contributed by atoms with Crippen molar-refractivity contribution >= 4 is 11.7 Å². The first-order valence-electron chi connectivity index (χ1n) is 5.40. The molecule has 1 unspecified atom stereocenters. The normalized spacial score (nSPS) is 22.5. The van der Waals surface area contributed by atoms with Gasteiger partial charge >= 0.3 is 0 Å². The first-order valence-corrected chi connectivity index (χ1v) is 5.40. The van der Waals surface area contributed by atoms with E-state index < -0.39 is 5.54 Å². The van der Waals surface area contributed by atoms with Crippen LogP contribution in [-0.2, 0) is 4.79 Å². The van der Waals surface area contributed by atoms with Gasteiger partial charge in [0.1, 0.15) is 5.54 Å². The number of carbonyl (C=O) groups is 2. The largest absolute Gasteiger partial charge is 0.336 e. The van der Waals surface area contributed by atoms with Gasteiger partial charge in [-0.3, -0.25) is 9.59 Å². The van der Waals surface area contributed by atoms with Crippen LogP contribution in [0.1, 0.15) is 17.3 Å². The van der Waals surface area contributed by atoms with E-state index in [0.29, 0.717) is 5.56 Å². The second kappa shape index (κ2) is 4.37. The third kappa shape index (κ3) is 2.33. The maximum atomic E-state index is 11.9. The third-order valence-electron chi connectivity index (χ3n) is 2.71. The van der Waals surface area contributed by atoms with Crippen molar-refractivity contribution in [2.45, 2.75) is 12.5 Å². The van der Waals surface area contributed by atoms with Crippen LogP contribution in [0.3, 0.4) is 0 Å². The van der Waals surface area contributed by atoms with Gasteiger partial charge in [-0.2, -0.15) is 0 Å². The van der Waals surface area contributed by atoms with Crippen molar-refractivity contribution in [3.8, 4) is 0 Å². The van der Waals surface area contributed by atoms with Crippen LogP contribution in [0.25, 0.3) is 0 Å². The molecule has 0 fully saturated rings. The molecule has 0 aromatic heterocycles. The van der Waals surface area contributed by atoms with E-state index in [1.807, 2.05) is 6.07 Å². The summed E-state index contributed by atoms with van der Waals surface area (Å²) in [6, 6.07) is 8.84. The van der Waals surface area contributed by atoms with Gasteiger partial charge in [0.2, 0.25) is 0 Å². The fraction of sp³-hybridized carbons (Fsp3) is 0.143. The zero-order valence-electron chi connectivity index (χ0n) is 9.51. The molecule has 1 aromatic rings. The number of nitrogens with one attached hydrogen (secondary N) is 1. The Morgan fingerprint density at radius 3 is 2.53 bits per heavy atom. The number of carbonyl (C=O) groups excluding carboxylic acids is 2. The molecule has 1 amide bonds. The Hall–Kier alpha value is -2.16. The van der Waals surface area contributed by atoms with Gasteiger partial charge in [0.15, 0.2) is 5.78 Å². The molecule has 0 spiro atoms. The van der Waals surface area contributed by atoms with Crippen LogP contribution in [0, 0.1) is 0 Å². The summed E-state index contributed by atoms with van der Waals surface area (Å²) in [6.45, 7) is 1.69. The van der Waals surface area contributed by atoms with E-state index in [-0.39, 0.29) is 11.7 Å². The van der Waals surface area contributed by atoms with E-state index in [1.54, 1.807) is 49.4 Å². The van der Waals surface area contributed by atoms with E-state index in [1.165, 1.54) is 6.08 Å². The summed E-state index contributed by atoms with van der Waals surface area (Å²) in [5.41, 5.74) is -0.397. The number of hydrogen-bond donors (Lipinski definition) is 1. The highest BCUT2D eigenvalue weighted by molar-refractivity contribution is 6.05. The predicted octanol–water partition coefficient (Wildman–Crippen LogP) is 1.87. The molecule has 2 rings (SSSR count). The maximum absolute atomic E-state index is 11.9. The summed E-state index contributed by atoms with van der Waals surface area (Å²) in [5, 5.41) is 2.73. The summed E-state index contributed by atoms with van der Waals surface area (Å²) in [6.07, 6.45) is 6.58. The number of ketones is 1. The number of hydrogen-bond acceptors (Lipinski definition) is 2. The summed E-state index contributed by atoms with van der Waals surface area (Å²) < 4.78 is 0. The first kappa shape index (κ1) is 11.3. The summed E-state index contributed by atoms with van der Waals surface area (Å²) in [7, 11) is 0. The molecule has 0 heterocycles. The minimum Gasteiger partial charge on any atom is -0.336 e. The lowest BCUT2D eigenvalue weighted by molar-refractivity contribution is -0.118. The Kier molecular flexibility index (Phi) is 2.91. The first-order chi connectivity index (χ1) is 8.12. The smallest absolute Gasteiger partial charge is 0.252 e. The van der Waals surface area contributed by atoms with Crippen molar-refractivity contribution in [1.29, 1.82) is 0 Å². The van der Waals surface area contributed by atoms with Crippen LogP contribution in [0.15, 0.2) is 54.6 Å². The highest BCUT2D eigenvalue weighted by Crippen LogP contribution is 2.14. The third-order valence-corrected chi connectivity index (χ3v) is 2.71. The highest BCUT2D eigenvalue weighted by atomic mass is 16.2. The number of allylic oxidation sites excluding steroid dienone is 2. The van der Waals surface area contributed by atoms with Gasteiger partial charge in [0.25, 0.3) is 5.91 Å². The van der Waals surface area contributed by atoms with Crippen LogP contribution in [0.2, 0.25) is 0 Å². The van der Waals surface area contributed by atoms with Crippen molar-refractivity contribution in [2.24, 2.45) is 0 Å². The predicted molar refractivity (Wildman–Crippen MR) is 65.6 cm³/mol. The Balaban J connectivity index is 2.17. The molecule has 86 valence electrons. The van der Waals surface area contributed by atoms with Crippen LogP contribution in [0.5, 0.6) is 0 Å². The van der Waals surface area contributed by atoms with Gasteiger partial charge in [-0.15, -0.1) is 0 Å². The number of rotatable bonds is 2. The number of amides is 1. The Bertz CT molecular complexity index is 502. The minimum absolute atomic E-state index is 0.121. The minimum atomic E-state index is -0.943. The Morgan fingerprint density at radius 1 is 1.18 bits per heavy atom. The Labute approximate surface area is 99.8 Å². The molecule has 1 atom stereocenters. The molecule has 1 aromatic carbocycles. The molecule has 1 aliphatic carbocycles. The van der Waals surface area contributed by atoms with Crippen LogP contribution >= 0.6 is 0 Å². The lowest BCUT2D eigenvalue weighted by atomic mass is 9.91. The summed E-state index contributed by atoms with van der Waals surface area (Å²) in [5.74, 6) is -0.370. The van der Waals surface area contributed by atoms with Crippen molar-refractivity contribution in [3.63, 3.8) is 0 Å². The topological polar surface area (TPSA) is 46.2 Å². The van der Waals surface area contributed by atoms with Crippen molar-refractivity contribution in [3.05, 3.63) is 60.2 Å². The van der Waals surface area contributed by atoms with Crippen LogP contribution in [-0.4, -0.2) is 17.2 Å². The van der Waals surface area contributed by atoms with E-state index >= 15 is 0 Å². The molecular formula is C14H13NO2. The quantitative estimate of drug-likeness (QED) is 0.838. The summed E-state index contributed by atoms with van der Waals surface area (Å²) in [4.78, 5) is 23.7. The number of benzene rings is 1. The lowest BCUT2D eigenvalue weighted by Crippen LogP contribution is -2.50. The average Bonchev–Trinajstić information content (AvgIpc) is 2.34. The van der Waals surface area contributed by atoms with Gasteiger partial charge in [-0.25, -0.2) is 0 Å². The molecule has 1 aliphatic rings. The lowest BCUT2D eigenvalue weighted by Gasteiger charge is -2.26. The molecular weight excluding hydrogens is 214 g/mol. The fourth-order valence-electron chi connectivity index (χ4n) is 1.65. The zero-order valence-corrected chi connectivity index (χ0v) is 9.51. The van der Waals surface area contributed by atoms with Gasteiger partial charge in [-0.1, -0.05) is 36.4 Å². The molecule has 0 aliphatic heterocycles. The van der Waals surface area contributed by atoms with Crippen LogP contribution in [0.4, 0.5) is 0 Å². The molecule has 1 N–H and O–H groups in total. The molecule has 0 saturated heterocycles. The molecule has 0 radical (unpaired) electrons. The second-order valence-corrected chi connectivity index (χ2v) is 4.10. The maximum Gasteiger partial charge on any atom is 0.252 e. The monoisotopic (exact) mass is 227 g/mol. The SMILES string of the molecule is CC1(NC(=O)c2ccccc2)C=CC=CC1=O. The fourth-order valence-corrected chi connectivity index (χ4v) is 1.65. The van der Waals surface area contributed by atoms with Gasteiger partial charge in [-0.05, 0) is 25.1 Å². The molecule has 0 bridgehead atoms. The van der Waals surface area contributed by atoms with Gasteiger partial charge in [0, 0.05) is 5.56 Å². The van der Waals surface area contributed by atoms with Crippen molar-refractivity contribution in [2.75, 3.05) is 0 Å². The van der Waals surface area contributed by atoms with E-state index in [0.717, 1.165) is 0 Å². The van der Waals surface area contributed by atoms with Crippen molar-refractivity contribution in [1.82, 2.24) is 5.32 Å². The van der Waals surface area contributed by atoms with E-state index in [2.05, 4.69) is 5.32 Å². The molecule has 17 heavy (non-hydrogen) atoms. The molecule has 3 nitrogen and oxygen atoms in total. The zero-order chi connectivity index (χ0) is 12.3. The summed E-state index contributed by atoms with van der Waals surface area (Å²) >= 11 is 0. The van der Waals surface area contributed by atoms with E-state index in [9.17, 15) is 9.59 Å². The van der Waals surface area contributed by atoms with Gasteiger partial charge in [0.05, 0.1) is 0 Å². The highest BCUT2D eigenvalue weighted by Gasteiger charge is 2.31. The van der Waals surface area contributed by atoms with E-state index in [4.69, 9.17) is 0 Å². The van der Waals surface area contributed by atoms with Crippen LogP contribution < -0.4 is 5.32 Å². The van der Waals surface area contributed by atoms with Crippen molar-refractivity contribution < 1.29 is 9.59 Å². The molecule has 3 heteroatoms. The molecule has 0 saturated carbocycles.